The van der Waals surface area contributed by atoms with Crippen molar-refractivity contribution in [1.82, 2.24) is 15.3 Å². The third-order valence-electron chi connectivity index (χ3n) is 4.62. The summed E-state index contributed by atoms with van der Waals surface area (Å²) in [5, 5.41) is 3.52. The molecule has 7 nitrogen and oxygen atoms in total. The fourth-order valence-corrected chi connectivity index (χ4v) is 3.33. The fraction of sp³-hybridized carbons (Fsp3) is 0.733. The fourth-order valence-electron chi connectivity index (χ4n) is 3.33. The Kier molecular flexibility index (Phi) is 4.75. The number of nitrogens with one attached hydrogen (secondary N) is 3. The number of H-pyrrole nitrogens is 2. The maximum atomic E-state index is 11.6. The Hall–Kier alpha value is -1.44. The molecule has 2 aliphatic rings. The minimum Gasteiger partial charge on any atom is -0.381 e. The molecule has 0 aliphatic carbocycles. The molecule has 0 saturated carbocycles. The first kappa shape index (κ1) is 15.5. The van der Waals surface area contributed by atoms with Gasteiger partial charge in [-0.1, -0.05) is 0 Å². The second-order valence-corrected chi connectivity index (χ2v) is 6.13. The number of hydrogen-bond acceptors (Lipinski definition) is 5. The predicted molar refractivity (Wildman–Crippen MR) is 81.1 cm³/mol. The van der Waals surface area contributed by atoms with Crippen molar-refractivity contribution >= 4 is 0 Å². The van der Waals surface area contributed by atoms with Crippen LogP contribution in [-0.4, -0.2) is 48.0 Å². The Labute approximate surface area is 128 Å². The molecule has 3 N–H and O–H groups in total. The molecule has 1 aromatic rings. The van der Waals surface area contributed by atoms with E-state index >= 15 is 0 Å². The van der Waals surface area contributed by atoms with Gasteiger partial charge in [0, 0.05) is 37.6 Å². The zero-order valence-corrected chi connectivity index (χ0v) is 12.7. The topological polar surface area (TPSA) is 96.2 Å². The van der Waals surface area contributed by atoms with E-state index in [1.165, 1.54) is 6.20 Å². The van der Waals surface area contributed by atoms with Crippen LogP contribution in [0.2, 0.25) is 0 Å². The summed E-state index contributed by atoms with van der Waals surface area (Å²) in [6.07, 6.45) is 6.00. The van der Waals surface area contributed by atoms with Crippen molar-refractivity contribution in [1.29, 1.82) is 0 Å². The molecular formula is C15H23N3O4. The second kappa shape index (κ2) is 6.76. The van der Waals surface area contributed by atoms with Crippen LogP contribution in [0.5, 0.6) is 0 Å². The molecule has 0 amide bonds. The van der Waals surface area contributed by atoms with Gasteiger partial charge in [0.2, 0.25) is 0 Å². The highest BCUT2D eigenvalue weighted by molar-refractivity contribution is 5.04. The van der Waals surface area contributed by atoms with Crippen molar-refractivity contribution in [2.45, 2.75) is 43.7 Å². The normalized spacial score (nSPS) is 24.5. The average Bonchev–Trinajstić information content (AvgIpc) is 2.50. The van der Waals surface area contributed by atoms with E-state index in [0.29, 0.717) is 24.6 Å². The lowest BCUT2D eigenvalue weighted by molar-refractivity contribution is -0.140. The SMILES string of the molecule is O=c1[nH]cc(CCNC2CCOC3(CCOCC3)C2)c(=O)[nH]1. The van der Waals surface area contributed by atoms with Gasteiger partial charge in [0.05, 0.1) is 5.60 Å². The Balaban J connectivity index is 1.51. The van der Waals surface area contributed by atoms with E-state index in [0.717, 1.165) is 45.5 Å². The number of ether oxygens (including phenoxy) is 2. The zero-order chi connectivity index (χ0) is 15.4. The van der Waals surface area contributed by atoms with Crippen molar-refractivity contribution in [3.05, 3.63) is 32.6 Å². The van der Waals surface area contributed by atoms with Gasteiger partial charge in [0.15, 0.2) is 0 Å². The van der Waals surface area contributed by atoms with Crippen LogP contribution in [0.15, 0.2) is 15.8 Å². The van der Waals surface area contributed by atoms with Crippen molar-refractivity contribution in [3.63, 3.8) is 0 Å². The van der Waals surface area contributed by atoms with Gasteiger partial charge in [-0.15, -0.1) is 0 Å². The average molecular weight is 309 g/mol. The van der Waals surface area contributed by atoms with Gasteiger partial charge in [-0.3, -0.25) is 9.78 Å². The molecule has 122 valence electrons. The van der Waals surface area contributed by atoms with Crippen LogP contribution in [0.1, 0.15) is 31.2 Å². The van der Waals surface area contributed by atoms with Gasteiger partial charge in [-0.2, -0.15) is 0 Å². The minimum atomic E-state index is -0.465. The van der Waals surface area contributed by atoms with E-state index in [4.69, 9.17) is 9.47 Å². The highest BCUT2D eigenvalue weighted by Gasteiger charge is 2.38. The van der Waals surface area contributed by atoms with E-state index in [-0.39, 0.29) is 11.2 Å². The number of aromatic amines is 2. The molecular weight excluding hydrogens is 286 g/mol. The quantitative estimate of drug-likeness (QED) is 0.723. The number of aromatic nitrogens is 2. The molecule has 2 aliphatic heterocycles. The third-order valence-corrected chi connectivity index (χ3v) is 4.62. The number of rotatable bonds is 4. The molecule has 22 heavy (non-hydrogen) atoms. The Morgan fingerprint density at radius 2 is 2.09 bits per heavy atom. The maximum absolute atomic E-state index is 11.6. The van der Waals surface area contributed by atoms with Gasteiger partial charge in [0.25, 0.3) is 5.56 Å². The minimum absolute atomic E-state index is 0.0242. The largest absolute Gasteiger partial charge is 0.381 e. The second-order valence-electron chi connectivity index (χ2n) is 6.13. The van der Waals surface area contributed by atoms with E-state index in [9.17, 15) is 9.59 Å². The van der Waals surface area contributed by atoms with Crippen molar-refractivity contribution in [2.75, 3.05) is 26.4 Å². The maximum Gasteiger partial charge on any atom is 0.325 e. The molecule has 0 radical (unpaired) electrons. The molecule has 1 unspecified atom stereocenters. The molecule has 2 saturated heterocycles. The summed E-state index contributed by atoms with van der Waals surface area (Å²) in [7, 11) is 0. The summed E-state index contributed by atoms with van der Waals surface area (Å²) in [4.78, 5) is 27.4. The molecule has 3 heterocycles. The van der Waals surface area contributed by atoms with Crippen LogP contribution in [0.3, 0.4) is 0 Å². The van der Waals surface area contributed by atoms with Crippen LogP contribution in [0.25, 0.3) is 0 Å². The predicted octanol–water partition coefficient (Wildman–Crippen LogP) is -0.0765. The molecule has 0 aromatic carbocycles. The molecule has 3 rings (SSSR count). The zero-order valence-electron chi connectivity index (χ0n) is 12.7. The van der Waals surface area contributed by atoms with Crippen LogP contribution >= 0.6 is 0 Å². The van der Waals surface area contributed by atoms with E-state index < -0.39 is 5.69 Å². The lowest BCUT2D eigenvalue weighted by atomic mass is 9.84. The van der Waals surface area contributed by atoms with Gasteiger partial charge in [-0.05, 0) is 38.6 Å². The highest BCUT2D eigenvalue weighted by Crippen LogP contribution is 2.34. The van der Waals surface area contributed by atoms with E-state index in [1.54, 1.807) is 0 Å². The van der Waals surface area contributed by atoms with E-state index in [2.05, 4.69) is 15.3 Å². The van der Waals surface area contributed by atoms with Gasteiger partial charge in [0.1, 0.15) is 0 Å². The summed E-state index contributed by atoms with van der Waals surface area (Å²) in [6, 6.07) is 0.411. The van der Waals surface area contributed by atoms with Gasteiger partial charge < -0.3 is 19.8 Å². The first-order valence-electron chi connectivity index (χ1n) is 7.93. The lowest BCUT2D eigenvalue weighted by Crippen LogP contribution is -2.50. The monoisotopic (exact) mass is 309 g/mol. The van der Waals surface area contributed by atoms with Gasteiger partial charge in [-0.25, -0.2) is 4.79 Å². The Morgan fingerprint density at radius 3 is 2.86 bits per heavy atom. The van der Waals surface area contributed by atoms with Crippen LogP contribution in [-0.2, 0) is 15.9 Å². The molecule has 1 aromatic heterocycles. The smallest absolute Gasteiger partial charge is 0.325 e. The summed E-state index contributed by atoms with van der Waals surface area (Å²) < 4.78 is 11.4. The standard InChI is InChI=1S/C15H23N3O4/c19-13-11(10-17-14(20)18-13)1-5-16-12-2-6-22-15(9-12)3-7-21-8-4-15/h10,12,16H,1-9H2,(H2,17,18,19,20). The summed E-state index contributed by atoms with van der Waals surface area (Å²) in [5.41, 5.74) is -0.199. The highest BCUT2D eigenvalue weighted by atomic mass is 16.5. The van der Waals surface area contributed by atoms with Crippen molar-refractivity contribution in [3.8, 4) is 0 Å². The van der Waals surface area contributed by atoms with Crippen LogP contribution in [0.4, 0.5) is 0 Å². The van der Waals surface area contributed by atoms with Crippen molar-refractivity contribution in [2.24, 2.45) is 0 Å². The summed E-state index contributed by atoms with van der Waals surface area (Å²) in [6.45, 7) is 3.04. The summed E-state index contributed by atoms with van der Waals surface area (Å²) in [5.74, 6) is 0. The first-order valence-corrected chi connectivity index (χ1v) is 7.93. The lowest BCUT2D eigenvalue weighted by Gasteiger charge is -2.43. The summed E-state index contributed by atoms with van der Waals surface area (Å²) >= 11 is 0. The molecule has 1 atom stereocenters. The number of hydrogen-bond donors (Lipinski definition) is 3. The van der Waals surface area contributed by atoms with E-state index in [1.807, 2.05) is 0 Å². The van der Waals surface area contributed by atoms with Crippen LogP contribution in [0, 0.1) is 0 Å². The first-order chi connectivity index (χ1) is 10.7. The molecule has 1 spiro atoms. The Morgan fingerprint density at radius 1 is 1.27 bits per heavy atom. The molecule has 2 fully saturated rings. The third kappa shape index (κ3) is 3.66. The van der Waals surface area contributed by atoms with Crippen LogP contribution < -0.4 is 16.6 Å². The van der Waals surface area contributed by atoms with Crippen molar-refractivity contribution < 1.29 is 9.47 Å². The molecule has 7 heteroatoms. The van der Waals surface area contributed by atoms with Gasteiger partial charge >= 0.3 is 5.69 Å². The molecule has 0 bridgehead atoms. The Bertz CT molecular complexity index is 598.